The van der Waals surface area contributed by atoms with Gasteiger partial charge in [-0.1, -0.05) is 29.8 Å². The Balaban J connectivity index is 2.63. The monoisotopic (exact) mass is 241 g/mol. The molecular formula is C13H17ClFN. The Morgan fingerprint density at radius 2 is 2.06 bits per heavy atom. The van der Waals surface area contributed by atoms with Gasteiger partial charge in [-0.05, 0) is 32.9 Å². The maximum atomic E-state index is 13.4. The Labute approximate surface area is 101 Å². The average Bonchev–Trinajstić information content (AvgIpc) is 2.14. The normalized spacial score (nSPS) is 12.3. The SMILES string of the molecule is CC(C)(C)NCC=Cc1c(F)cccc1Cl. The first-order chi connectivity index (χ1) is 7.40. The minimum absolute atomic E-state index is 0.0589. The fraction of sp³-hybridized carbons (Fsp3) is 0.385. The second kappa shape index (κ2) is 5.46. The topological polar surface area (TPSA) is 12.0 Å². The van der Waals surface area contributed by atoms with E-state index in [-0.39, 0.29) is 11.4 Å². The summed E-state index contributed by atoms with van der Waals surface area (Å²) in [6.45, 7) is 6.93. The van der Waals surface area contributed by atoms with E-state index < -0.39 is 0 Å². The lowest BCUT2D eigenvalue weighted by Gasteiger charge is -2.18. The zero-order valence-electron chi connectivity index (χ0n) is 9.85. The Morgan fingerprint density at radius 3 is 2.62 bits per heavy atom. The van der Waals surface area contributed by atoms with Crippen molar-refractivity contribution in [2.75, 3.05) is 6.54 Å². The molecule has 1 N–H and O–H groups in total. The van der Waals surface area contributed by atoms with Crippen LogP contribution in [0.5, 0.6) is 0 Å². The van der Waals surface area contributed by atoms with Gasteiger partial charge in [0, 0.05) is 17.6 Å². The van der Waals surface area contributed by atoms with Crippen LogP contribution < -0.4 is 5.32 Å². The summed E-state index contributed by atoms with van der Waals surface area (Å²) in [6.07, 6.45) is 3.58. The largest absolute Gasteiger partial charge is 0.309 e. The van der Waals surface area contributed by atoms with Gasteiger partial charge in [0.2, 0.25) is 0 Å². The maximum Gasteiger partial charge on any atom is 0.131 e. The zero-order valence-corrected chi connectivity index (χ0v) is 10.6. The van der Waals surface area contributed by atoms with Crippen LogP contribution >= 0.6 is 11.6 Å². The molecule has 0 unspecified atom stereocenters. The molecule has 0 aliphatic heterocycles. The summed E-state index contributed by atoms with van der Waals surface area (Å²) in [5.41, 5.74) is 0.503. The molecule has 0 heterocycles. The average molecular weight is 242 g/mol. The van der Waals surface area contributed by atoms with Crippen LogP contribution in [0.2, 0.25) is 5.02 Å². The molecule has 0 radical (unpaired) electrons. The van der Waals surface area contributed by atoms with Crippen molar-refractivity contribution in [3.8, 4) is 0 Å². The fourth-order valence-corrected chi connectivity index (χ4v) is 1.44. The molecular weight excluding hydrogens is 225 g/mol. The Hall–Kier alpha value is -0.860. The van der Waals surface area contributed by atoms with Gasteiger partial charge in [0.15, 0.2) is 0 Å². The van der Waals surface area contributed by atoms with Crippen LogP contribution in [0.4, 0.5) is 4.39 Å². The molecule has 0 atom stereocenters. The van der Waals surface area contributed by atoms with Gasteiger partial charge in [-0.15, -0.1) is 0 Å². The van der Waals surface area contributed by atoms with Crippen LogP contribution in [0.25, 0.3) is 6.08 Å². The Kier molecular flexibility index (Phi) is 4.51. The highest BCUT2D eigenvalue weighted by atomic mass is 35.5. The summed E-state index contributed by atoms with van der Waals surface area (Å²) < 4.78 is 13.4. The highest BCUT2D eigenvalue weighted by Gasteiger charge is 2.06. The van der Waals surface area contributed by atoms with Gasteiger partial charge >= 0.3 is 0 Å². The number of rotatable bonds is 3. The number of hydrogen-bond donors (Lipinski definition) is 1. The highest BCUT2D eigenvalue weighted by molar-refractivity contribution is 6.32. The van der Waals surface area contributed by atoms with Crippen LogP contribution in [0, 0.1) is 5.82 Å². The lowest BCUT2D eigenvalue weighted by molar-refractivity contribution is 0.450. The third-order valence-electron chi connectivity index (χ3n) is 2.03. The molecule has 0 bridgehead atoms. The number of nitrogens with one attached hydrogen (secondary N) is 1. The lowest BCUT2D eigenvalue weighted by atomic mass is 10.1. The first-order valence-electron chi connectivity index (χ1n) is 5.26. The first kappa shape index (κ1) is 13.2. The van der Waals surface area contributed by atoms with Crippen molar-refractivity contribution in [2.24, 2.45) is 0 Å². The molecule has 0 aromatic heterocycles. The summed E-state index contributed by atoms with van der Waals surface area (Å²) in [5.74, 6) is -0.292. The van der Waals surface area contributed by atoms with E-state index in [9.17, 15) is 4.39 Å². The van der Waals surface area contributed by atoms with Crippen molar-refractivity contribution in [1.29, 1.82) is 0 Å². The van der Waals surface area contributed by atoms with Gasteiger partial charge in [0.05, 0.1) is 5.02 Å². The summed E-state index contributed by atoms with van der Waals surface area (Å²) >= 11 is 5.89. The molecule has 0 amide bonds. The molecule has 0 saturated carbocycles. The molecule has 0 aliphatic rings. The predicted octanol–water partition coefficient (Wildman–Crippen LogP) is 3.88. The van der Waals surface area contributed by atoms with Gasteiger partial charge in [-0.3, -0.25) is 0 Å². The van der Waals surface area contributed by atoms with E-state index in [0.29, 0.717) is 17.1 Å². The van der Waals surface area contributed by atoms with E-state index in [0.717, 1.165) is 0 Å². The molecule has 1 rings (SSSR count). The first-order valence-corrected chi connectivity index (χ1v) is 5.63. The molecule has 16 heavy (non-hydrogen) atoms. The van der Waals surface area contributed by atoms with Crippen LogP contribution in [-0.2, 0) is 0 Å². The van der Waals surface area contributed by atoms with Crippen molar-refractivity contribution in [2.45, 2.75) is 26.3 Å². The van der Waals surface area contributed by atoms with E-state index in [1.54, 1.807) is 18.2 Å². The molecule has 1 nitrogen and oxygen atoms in total. The molecule has 1 aromatic carbocycles. The van der Waals surface area contributed by atoms with Gasteiger partial charge in [0.1, 0.15) is 5.82 Å². The van der Waals surface area contributed by atoms with Crippen LogP contribution in [-0.4, -0.2) is 12.1 Å². The minimum Gasteiger partial charge on any atom is -0.309 e. The Bertz CT molecular complexity index is 360. The van der Waals surface area contributed by atoms with Gasteiger partial charge in [-0.2, -0.15) is 0 Å². The van der Waals surface area contributed by atoms with E-state index in [1.807, 2.05) is 6.08 Å². The molecule has 1 aromatic rings. The second-order valence-electron chi connectivity index (χ2n) is 4.67. The van der Waals surface area contributed by atoms with Crippen LogP contribution in [0.15, 0.2) is 24.3 Å². The lowest BCUT2D eigenvalue weighted by Crippen LogP contribution is -2.35. The van der Waals surface area contributed by atoms with E-state index >= 15 is 0 Å². The van der Waals surface area contributed by atoms with Gasteiger partial charge < -0.3 is 5.32 Å². The number of halogens is 2. The maximum absolute atomic E-state index is 13.4. The van der Waals surface area contributed by atoms with Crippen molar-refractivity contribution in [3.05, 3.63) is 40.7 Å². The molecule has 0 fully saturated rings. The third kappa shape index (κ3) is 4.33. The van der Waals surface area contributed by atoms with E-state index in [2.05, 4.69) is 26.1 Å². The van der Waals surface area contributed by atoms with Crippen molar-refractivity contribution < 1.29 is 4.39 Å². The van der Waals surface area contributed by atoms with Gasteiger partial charge in [0.25, 0.3) is 0 Å². The number of hydrogen-bond acceptors (Lipinski definition) is 1. The summed E-state index contributed by atoms with van der Waals surface area (Å²) in [6, 6.07) is 4.69. The quantitative estimate of drug-likeness (QED) is 0.847. The minimum atomic E-state index is -0.292. The molecule has 0 aliphatic carbocycles. The highest BCUT2D eigenvalue weighted by Crippen LogP contribution is 2.20. The molecule has 0 spiro atoms. The number of benzene rings is 1. The van der Waals surface area contributed by atoms with Crippen LogP contribution in [0.3, 0.4) is 0 Å². The zero-order chi connectivity index (χ0) is 12.2. The smallest absolute Gasteiger partial charge is 0.131 e. The fourth-order valence-electron chi connectivity index (χ4n) is 1.21. The van der Waals surface area contributed by atoms with Crippen LogP contribution in [0.1, 0.15) is 26.3 Å². The van der Waals surface area contributed by atoms with Gasteiger partial charge in [-0.25, -0.2) is 4.39 Å². The molecule has 88 valence electrons. The predicted molar refractivity (Wildman–Crippen MR) is 68.2 cm³/mol. The second-order valence-corrected chi connectivity index (χ2v) is 5.08. The third-order valence-corrected chi connectivity index (χ3v) is 2.36. The van der Waals surface area contributed by atoms with Crippen molar-refractivity contribution in [1.82, 2.24) is 5.32 Å². The van der Waals surface area contributed by atoms with E-state index in [1.165, 1.54) is 6.07 Å². The summed E-state index contributed by atoms with van der Waals surface area (Å²) in [7, 11) is 0. The summed E-state index contributed by atoms with van der Waals surface area (Å²) in [5, 5.41) is 3.72. The standard InChI is InChI=1S/C13H17ClFN/c1-13(2,3)16-9-5-6-10-11(14)7-4-8-12(10)15/h4-8,16H,9H2,1-3H3. The van der Waals surface area contributed by atoms with Crippen molar-refractivity contribution in [3.63, 3.8) is 0 Å². The van der Waals surface area contributed by atoms with Crippen molar-refractivity contribution >= 4 is 17.7 Å². The Morgan fingerprint density at radius 1 is 1.38 bits per heavy atom. The summed E-state index contributed by atoms with van der Waals surface area (Å²) in [4.78, 5) is 0. The molecule has 0 saturated heterocycles. The molecule has 3 heteroatoms. The van der Waals surface area contributed by atoms with E-state index in [4.69, 9.17) is 11.6 Å².